The number of rotatable bonds is 2. The highest BCUT2D eigenvalue weighted by molar-refractivity contribution is 5.33. The molecule has 0 aliphatic carbocycles. The summed E-state index contributed by atoms with van der Waals surface area (Å²) >= 11 is 0. The average Bonchev–Trinajstić information content (AvgIpc) is 2.90. The molecule has 3 rings (SSSR count). The van der Waals surface area contributed by atoms with E-state index < -0.39 is 0 Å². The maximum Gasteiger partial charge on any atom is 0.0648 e. The molecule has 3 heteroatoms. The maximum atomic E-state index is 4.47. The highest BCUT2D eigenvalue weighted by Gasteiger charge is 2.22. The van der Waals surface area contributed by atoms with E-state index in [0.29, 0.717) is 12.0 Å². The lowest BCUT2D eigenvalue weighted by molar-refractivity contribution is 0.377. The van der Waals surface area contributed by atoms with Crippen molar-refractivity contribution in [3.63, 3.8) is 0 Å². The molecule has 18 heavy (non-hydrogen) atoms. The first-order valence-electron chi connectivity index (χ1n) is 6.67. The molecular weight excluding hydrogens is 222 g/mol. The van der Waals surface area contributed by atoms with Gasteiger partial charge >= 0.3 is 0 Å². The molecule has 1 aliphatic heterocycles. The Labute approximate surface area is 108 Å². The highest BCUT2D eigenvalue weighted by atomic mass is 15.3. The minimum atomic E-state index is 0.573. The second-order valence-corrected chi connectivity index (χ2v) is 5.09. The molecule has 0 radical (unpaired) electrons. The Bertz CT molecular complexity index is 495. The van der Waals surface area contributed by atoms with E-state index >= 15 is 0 Å². The minimum Gasteiger partial charge on any atom is -0.314 e. The summed E-state index contributed by atoms with van der Waals surface area (Å²) < 4.78 is 2.07. The van der Waals surface area contributed by atoms with Gasteiger partial charge in [-0.15, -0.1) is 0 Å². The maximum absolute atomic E-state index is 4.47. The summed E-state index contributed by atoms with van der Waals surface area (Å²) in [6.45, 7) is 3.31. The fraction of sp³-hybridized carbons (Fsp3) is 0.400. The normalized spacial score (nSPS) is 24.1. The topological polar surface area (TPSA) is 29.9 Å². The molecule has 94 valence electrons. The summed E-state index contributed by atoms with van der Waals surface area (Å²) in [6, 6.07) is 13.2. The summed E-state index contributed by atoms with van der Waals surface area (Å²) in [5, 5.41) is 8.03. The zero-order chi connectivity index (χ0) is 12.4. The van der Waals surface area contributed by atoms with Gasteiger partial charge in [0.1, 0.15) is 0 Å². The summed E-state index contributed by atoms with van der Waals surface area (Å²) in [7, 11) is 0. The molecule has 1 aromatic carbocycles. The second kappa shape index (κ2) is 4.94. The van der Waals surface area contributed by atoms with Gasteiger partial charge in [-0.1, -0.05) is 18.2 Å². The van der Waals surface area contributed by atoms with Gasteiger partial charge in [0.15, 0.2) is 0 Å². The van der Waals surface area contributed by atoms with Crippen LogP contribution in [0.15, 0.2) is 42.6 Å². The fourth-order valence-electron chi connectivity index (χ4n) is 2.66. The Hall–Kier alpha value is -1.61. The first-order valence-corrected chi connectivity index (χ1v) is 6.67. The van der Waals surface area contributed by atoms with E-state index in [9.17, 15) is 0 Å². The third-order valence-corrected chi connectivity index (χ3v) is 3.75. The molecule has 3 nitrogen and oxygen atoms in total. The predicted molar refractivity (Wildman–Crippen MR) is 73.0 cm³/mol. The number of nitrogens with zero attached hydrogens (tertiary/aromatic N) is 2. The number of hydrogen-bond acceptors (Lipinski definition) is 2. The van der Waals surface area contributed by atoms with Crippen LogP contribution in [-0.2, 0) is 0 Å². The van der Waals surface area contributed by atoms with Crippen molar-refractivity contribution in [1.29, 1.82) is 0 Å². The van der Waals surface area contributed by atoms with E-state index in [2.05, 4.69) is 52.4 Å². The summed E-state index contributed by atoms with van der Waals surface area (Å²) in [5.41, 5.74) is 2.47. The first-order chi connectivity index (χ1) is 8.84. The zero-order valence-corrected chi connectivity index (χ0v) is 10.7. The molecule has 1 saturated heterocycles. The van der Waals surface area contributed by atoms with Crippen LogP contribution in [0.2, 0.25) is 0 Å². The van der Waals surface area contributed by atoms with Crippen molar-refractivity contribution in [1.82, 2.24) is 15.1 Å². The van der Waals surface area contributed by atoms with Gasteiger partial charge < -0.3 is 5.32 Å². The molecule has 2 unspecified atom stereocenters. The van der Waals surface area contributed by atoms with Gasteiger partial charge in [0, 0.05) is 30.4 Å². The number of para-hydroxylation sites is 1. The van der Waals surface area contributed by atoms with Crippen LogP contribution in [0.25, 0.3) is 5.69 Å². The van der Waals surface area contributed by atoms with Gasteiger partial charge in [-0.25, -0.2) is 4.68 Å². The standard InChI is InChI=1S/C15H19N3/c1-12-7-8-13(11-16-12)15-9-10-17-18(15)14-5-3-2-4-6-14/h2-6,9-10,12-13,16H,7-8,11H2,1H3. The molecule has 0 bridgehead atoms. The molecule has 1 aliphatic rings. The fourth-order valence-corrected chi connectivity index (χ4v) is 2.66. The van der Waals surface area contributed by atoms with E-state index in [1.54, 1.807) is 0 Å². The first kappa shape index (κ1) is 11.5. The number of piperidine rings is 1. The number of hydrogen-bond donors (Lipinski definition) is 1. The van der Waals surface area contributed by atoms with Gasteiger partial charge in [0.25, 0.3) is 0 Å². The van der Waals surface area contributed by atoms with Crippen LogP contribution in [0, 0.1) is 0 Å². The summed E-state index contributed by atoms with van der Waals surface area (Å²) in [6.07, 6.45) is 4.39. The van der Waals surface area contributed by atoms with E-state index in [1.165, 1.54) is 18.5 Å². The van der Waals surface area contributed by atoms with Crippen LogP contribution in [0.3, 0.4) is 0 Å². The monoisotopic (exact) mass is 241 g/mol. The molecule has 0 amide bonds. The molecule has 1 aromatic heterocycles. The summed E-state index contributed by atoms with van der Waals surface area (Å²) in [5.74, 6) is 0.573. The van der Waals surface area contributed by atoms with Gasteiger partial charge in [-0.05, 0) is 38.0 Å². The van der Waals surface area contributed by atoms with Crippen molar-refractivity contribution in [3.05, 3.63) is 48.3 Å². The summed E-state index contributed by atoms with van der Waals surface area (Å²) in [4.78, 5) is 0. The lowest BCUT2D eigenvalue weighted by atomic mass is 9.92. The van der Waals surface area contributed by atoms with Crippen LogP contribution >= 0.6 is 0 Å². The molecule has 0 saturated carbocycles. The van der Waals surface area contributed by atoms with E-state index in [0.717, 1.165) is 12.2 Å². The van der Waals surface area contributed by atoms with Crippen molar-refractivity contribution in [2.24, 2.45) is 0 Å². The lowest BCUT2D eigenvalue weighted by Gasteiger charge is -2.28. The molecule has 0 spiro atoms. The zero-order valence-electron chi connectivity index (χ0n) is 10.7. The Morgan fingerprint density at radius 2 is 2.00 bits per heavy atom. The third kappa shape index (κ3) is 2.18. The number of nitrogens with one attached hydrogen (secondary N) is 1. The van der Waals surface area contributed by atoms with Crippen LogP contribution in [-0.4, -0.2) is 22.4 Å². The van der Waals surface area contributed by atoms with Crippen molar-refractivity contribution >= 4 is 0 Å². The van der Waals surface area contributed by atoms with Crippen molar-refractivity contribution in [2.75, 3.05) is 6.54 Å². The van der Waals surface area contributed by atoms with Gasteiger partial charge in [-0.2, -0.15) is 5.10 Å². The van der Waals surface area contributed by atoms with Crippen molar-refractivity contribution < 1.29 is 0 Å². The van der Waals surface area contributed by atoms with Crippen LogP contribution in [0.1, 0.15) is 31.4 Å². The van der Waals surface area contributed by atoms with Crippen molar-refractivity contribution in [3.8, 4) is 5.69 Å². The lowest BCUT2D eigenvalue weighted by Crippen LogP contribution is -2.36. The molecule has 2 atom stereocenters. The molecule has 1 fully saturated rings. The Balaban J connectivity index is 1.88. The van der Waals surface area contributed by atoms with Gasteiger partial charge in [-0.3, -0.25) is 0 Å². The van der Waals surface area contributed by atoms with Crippen LogP contribution in [0.4, 0.5) is 0 Å². The Kier molecular flexibility index (Phi) is 3.15. The Morgan fingerprint density at radius 3 is 2.72 bits per heavy atom. The smallest absolute Gasteiger partial charge is 0.0648 e. The average molecular weight is 241 g/mol. The largest absolute Gasteiger partial charge is 0.314 e. The van der Waals surface area contributed by atoms with Crippen LogP contribution in [0.5, 0.6) is 0 Å². The molecule has 2 aromatic rings. The Morgan fingerprint density at radius 1 is 1.17 bits per heavy atom. The number of aromatic nitrogens is 2. The minimum absolute atomic E-state index is 0.573. The highest BCUT2D eigenvalue weighted by Crippen LogP contribution is 2.26. The molecule has 2 heterocycles. The predicted octanol–water partition coefficient (Wildman–Crippen LogP) is 2.73. The molecular formula is C15H19N3. The van der Waals surface area contributed by atoms with E-state index in [-0.39, 0.29) is 0 Å². The van der Waals surface area contributed by atoms with Crippen molar-refractivity contribution in [2.45, 2.75) is 31.7 Å². The number of benzene rings is 1. The SMILES string of the molecule is CC1CCC(c2ccnn2-c2ccccc2)CN1. The van der Waals surface area contributed by atoms with Gasteiger partial charge in [0.05, 0.1) is 5.69 Å². The molecule has 1 N–H and O–H groups in total. The quantitative estimate of drug-likeness (QED) is 0.876. The van der Waals surface area contributed by atoms with E-state index in [4.69, 9.17) is 0 Å². The van der Waals surface area contributed by atoms with Crippen LogP contribution < -0.4 is 5.32 Å². The van der Waals surface area contributed by atoms with E-state index in [1.807, 2.05) is 12.3 Å². The second-order valence-electron chi connectivity index (χ2n) is 5.09. The third-order valence-electron chi connectivity index (χ3n) is 3.75. The van der Waals surface area contributed by atoms with Gasteiger partial charge in [0.2, 0.25) is 0 Å².